The lowest BCUT2D eigenvalue weighted by Gasteiger charge is -2.22. The number of likely N-dealkylation sites (N-methyl/N-ethyl adjacent to an activating group) is 1. The van der Waals surface area contributed by atoms with E-state index in [1.165, 1.54) is 27.4 Å². The summed E-state index contributed by atoms with van der Waals surface area (Å²) in [6, 6.07) is 11.1. The fourth-order valence-electron chi connectivity index (χ4n) is 4.40. The molecule has 0 fully saturated rings. The average molecular weight is 539 g/mol. The van der Waals surface area contributed by atoms with Crippen molar-refractivity contribution in [3.63, 3.8) is 0 Å². The molecule has 0 saturated heterocycles. The molecule has 4 rings (SSSR count). The molecule has 198 valence electrons. The quantitative estimate of drug-likeness (QED) is 0.248. The Bertz CT molecular complexity index is 1750. The molecule has 38 heavy (non-hydrogen) atoms. The molecule has 4 aromatic rings. The predicted molar refractivity (Wildman–Crippen MR) is 147 cm³/mol. The molecule has 0 unspecified atom stereocenters. The number of pyridine rings is 1. The SMILES string of the molecule is C=c1c(=Cc2ccc(N(CC)CCO)cc2Cl)c(=O)n(-c2cccc(C(=O)O)c2)c2[nH]n(CCO)c(=O)c12. The van der Waals surface area contributed by atoms with Gasteiger partial charge in [-0.2, -0.15) is 0 Å². The summed E-state index contributed by atoms with van der Waals surface area (Å²) in [4.78, 5) is 40.6. The minimum absolute atomic E-state index is 0.0166. The smallest absolute Gasteiger partial charge is 0.335 e. The zero-order valence-electron chi connectivity index (χ0n) is 20.6. The third kappa shape index (κ3) is 4.89. The molecule has 0 amide bonds. The second kappa shape index (κ2) is 11.1. The summed E-state index contributed by atoms with van der Waals surface area (Å²) in [6.07, 6.45) is 1.54. The standard InChI is InChI=1S/C27H27ClN4O6/c1-3-30(9-11-33)19-8-7-17(22(28)15-19)14-21-16(2)23-24(29-31(10-12-34)26(23)36)32(25(21)35)20-6-4-5-18(13-20)27(37)38/h4-8,13-15,29,33-34H,2-3,9-12H2,1H3,(H,37,38). The van der Waals surface area contributed by atoms with E-state index >= 15 is 0 Å². The number of halogens is 1. The van der Waals surface area contributed by atoms with Crippen molar-refractivity contribution in [3.8, 4) is 5.69 Å². The van der Waals surface area contributed by atoms with Crippen molar-refractivity contribution in [1.29, 1.82) is 0 Å². The maximum atomic E-state index is 13.9. The first-order chi connectivity index (χ1) is 18.2. The molecule has 0 saturated carbocycles. The summed E-state index contributed by atoms with van der Waals surface area (Å²) >= 11 is 6.58. The third-order valence-electron chi connectivity index (χ3n) is 6.30. The normalized spacial score (nSPS) is 11.8. The van der Waals surface area contributed by atoms with Crippen molar-refractivity contribution < 1.29 is 20.1 Å². The van der Waals surface area contributed by atoms with Gasteiger partial charge in [0.2, 0.25) is 0 Å². The van der Waals surface area contributed by atoms with E-state index in [-0.39, 0.29) is 52.5 Å². The van der Waals surface area contributed by atoms with Crippen molar-refractivity contribution >= 4 is 46.9 Å². The summed E-state index contributed by atoms with van der Waals surface area (Å²) in [5, 5.41) is 31.8. The molecule has 10 nitrogen and oxygen atoms in total. The van der Waals surface area contributed by atoms with E-state index in [9.17, 15) is 29.7 Å². The number of hydrogen-bond donors (Lipinski definition) is 4. The van der Waals surface area contributed by atoms with Gasteiger partial charge in [0.15, 0.2) is 0 Å². The van der Waals surface area contributed by atoms with Crippen LogP contribution in [0.15, 0.2) is 52.1 Å². The lowest BCUT2D eigenvalue weighted by atomic mass is 10.1. The first-order valence-corrected chi connectivity index (χ1v) is 12.3. The Labute approximate surface area is 221 Å². The number of fused-ring (bicyclic) bond motifs is 1. The maximum absolute atomic E-state index is 13.9. The Morgan fingerprint density at radius 3 is 2.53 bits per heavy atom. The van der Waals surface area contributed by atoms with Crippen LogP contribution in [-0.4, -0.2) is 61.9 Å². The highest BCUT2D eigenvalue weighted by molar-refractivity contribution is 6.32. The molecule has 0 bridgehead atoms. The van der Waals surface area contributed by atoms with Gasteiger partial charge in [-0.25, -0.2) is 9.48 Å². The summed E-state index contributed by atoms with van der Waals surface area (Å²) in [7, 11) is 0. The second-order valence-corrected chi connectivity index (χ2v) is 8.96. The maximum Gasteiger partial charge on any atom is 0.335 e. The number of aliphatic hydroxyl groups excluding tert-OH is 2. The largest absolute Gasteiger partial charge is 0.478 e. The van der Waals surface area contributed by atoms with E-state index in [0.29, 0.717) is 23.7 Å². The summed E-state index contributed by atoms with van der Waals surface area (Å²) in [6.45, 7) is 6.70. The van der Waals surface area contributed by atoms with E-state index < -0.39 is 17.1 Å². The Hall–Kier alpha value is -4.12. The zero-order valence-corrected chi connectivity index (χ0v) is 21.4. The number of H-pyrrole nitrogens is 1. The minimum atomic E-state index is -1.17. The van der Waals surface area contributed by atoms with Crippen LogP contribution in [0.2, 0.25) is 5.02 Å². The van der Waals surface area contributed by atoms with E-state index in [4.69, 9.17) is 11.6 Å². The van der Waals surface area contributed by atoms with Crippen LogP contribution in [0.5, 0.6) is 0 Å². The number of nitrogens with one attached hydrogen (secondary N) is 1. The first-order valence-electron chi connectivity index (χ1n) is 11.9. The highest BCUT2D eigenvalue weighted by Crippen LogP contribution is 2.24. The van der Waals surface area contributed by atoms with Gasteiger partial charge < -0.3 is 20.2 Å². The van der Waals surface area contributed by atoms with Crippen molar-refractivity contribution in [3.05, 3.63) is 89.8 Å². The number of aromatic nitrogens is 3. The molecule has 0 radical (unpaired) electrons. The van der Waals surface area contributed by atoms with Crippen LogP contribution in [0.3, 0.4) is 0 Å². The number of aromatic carboxylic acids is 1. The van der Waals surface area contributed by atoms with Crippen LogP contribution >= 0.6 is 11.6 Å². The summed E-state index contributed by atoms with van der Waals surface area (Å²) < 4.78 is 2.39. The highest BCUT2D eigenvalue weighted by Gasteiger charge is 2.18. The number of hydrogen-bond acceptors (Lipinski definition) is 6. The van der Waals surface area contributed by atoms with Crippen LogP contribution < -0.4 is 26.5 Å². The Kier molecular flexibility index (Phi) is 7.86. The number of carboxylic acids is 1. The van der Waals surface area contributed by atoms with Gasteiger partial charge in [0.1, 0.15) is 5.65 Å². The second-order valence-electron chi connectivity index (χ2n) is 8.56. The topological polar surface area (TPSA) is 141 Å². The number of nitrogens with zero attached hydrogens (tertiary/aromatic N) is 3. The molecule has 2 heterocycles. The van der Waals surface area contributed by atoms with Crippen LogP contribution in [-0.2, 0) is 6.54 Å². The highest BCUT2D eigenvalue weighted by atomic mass is 35.5. The number of carbonyl (C=O) groups is 1. The summed E-state index contributed by atoms with van der Waals surface area (Å²) in [5.74, 6) is -1.17. The summed E-state index contributed by atoms with van der Waals surface area (Å²) in [5.41, 5.74) is 0.603. The van der Waals surface area contributed by atoms with Gasteiger partial charge in [0.25, 0.3) is 11.1 Å². The average Bonchev–Trinajstić information content (AvgIpc) is 3.21. The van der Waals surface area contributed by atoms with Crippen molar-refractivity contribution in [1.82, 2.24) is 14.3 Å². The van der Waals surface area contributed by atoms with E-state index in [1.54, 1.807) is 24.3 Å². The molecule has 0 aliphatic rings. The number of anilines is 1. The van der Waals surface area contributed by atoms with E-state index in [0.717, 1.165) is 5.69 Å². The zero-order chi connectivity index (χ0) is 27.6. The number of aromatic amines is 1. The minimum Gasteiger partial charge on any atom is -0.478 e. The monoisotopic (exact) mass is 538 g/mol. The lowest BCUT2D eigenvalue weighted by Crippen LogP contribution is -2.45. The van der Waals surface area contributed by atoms with Gasteiger partial charge in [-0.1, -0.05) is 30.3 Å². The number of benzene rings is 2. The van der Waals surface area contributed by atoms with Crippen LogP contribution in [0, 0.1) is 0 Å². The van der Waals surface area contributed by atoms with Gasteiger partial charge in [-0.15, -0.1) is 0 Å². The Morgan fingerprint density at radius 1 is 1.13 bits per heavy atom. The Morgan fingerprint density at radius 2 is 1.89 bits per heavy atom. The molecule has 0 aliphatic carbocycles. The number of rotatable bonds is 9. The molecule has 0 aliphatic heterocycles. The molecule has 11 heteroatoms. The molecular weight excluding hydrogens is 512 g/mol. The van der Waals surface area contributed by atoms with Gasteiger partial charge in [0, 0.05) is 29.0 Å². The molecule has 4 N–H and O–H groups in total. The first kappa shape index (κ1) is 26.9. The number of carboxylic acid groups (broad SMARTS) is 1. The van der Waals surface area contributed by atoms with Crippen molar-refractivity contribution in [2.75, 3.05) is 31.2 Å². The molecule has 0 atom stereocenters. The van der Waals surface area contributed by atoms with Gasteiger partial charge in [0.05, 0.1) is 36.4 Å². The molecule has 0 spiro atoms. The third-order valence-corrected chi connectivity index (χ3v) is 6.62. The van der Waals surface area contributed by atoms with Crippen molar-refractivity contribution in [2.45, 2.75) is 13.5 Å². The fourth-order valence-corrected chi connectivity index (χ4v) is 4.63. The van der Waals surface area contributed by atoms with E-state index in [1.807, 2.05) is 17.9 Å². The van der Waals surface area contributed by atoms with Crippen LogP contribution in [0.4, 0.5) is 5.69 Å². The van der Waals surface area contributed by atoms with Crippen LogP contribution in [0.25, 0.3) is 29.4 Å². The fraction of sp³-hybridized carbons (Fsp3) is 0.222. The van der Waals surface area contributed by atoms with Gasteiger partial charge in [-0.05, 0) is 54.1 Å². The van der Waals surface area contributed by atoms with E-state index in [2.05, 4.69) is 11.7 Å². The molecule has 2 aromatic heterocycles. The molecular formula is C27H27ClN4O6. The van der Waals surface area contributed by atoms with Gasteiger partial charge >= 0.3 is 5.97 Å². The predicted octanol–water partition coefficient (Wildman–Crippen LogP) is 0.882. The number of aliphatic hydroxyl groups is 2. The van der Waals surface area contributed by atoms with Crippen molar-refractivity contribution in [2.24, 2.45) is 0 Å². The van der Waals surface area contributed by atoms with Gasteiger partial charge in [-0.3, -0.25) is 19.3 Å². The lowest BCUT2D eigenvalue weighted by molar-refractivity contribution is 0.0697. The Balaban J connectivity index is 2.05. The molecule has 2 aromatic carbocycles. The van der Waals surface area contributed by atoms with Crippen LogP contribution in [0.1, 0.15) is 22.8 Å².